The molecule has 4 heterocycles. The van der Waals surface area contributed by atoms with Crippen LogP contribution in [0.5, 0.6) is 5.75 Å². The number of carbonyl (C=O) groups excluding carboxylic acids is 1. The Kier molecular flexibility index (Phi) is 7.34. The number of hydrogen-bond acceptors (Lipinski definition) is 6. The number of nitrogens with zero attached hydrogens (tertiary/aromatic N) is 4. The van der Waals surface area contributed by atoms with Gasteiger partial charge in [0.1, 0.15) is 11.8 Å². The van der Waals surface area contributed by atoms with Crippen molar-refractivity contribution in [2.45, 2.75) is 44.8 Å². The standard InChI is InChI=1S/C26H26F4N4O5/c27-20-12-16(3-4-22(20)39-26(28,29)30)13-34-21-14-33(11-7-18(21)19-2-1-8-31-24(19)34)23(35)15-32-9-5-17(6-10-32)38-25(36)37/h1-4,8,12,17H,5-7,9-11,13-15H2,(H,36,37). The number of piperidine rings is 1. The Bertz CT molecular complexity index is 1380. The summed E-state index contributed by atoms with van der Waals surface area (Å²) in [6.07, 6.45) is -3.40. The van der Waals surface area contributed by atoms with Crippen molar-refractivity contribution in [3.63, 3.8) is 0 Å². The lowest BCUT2D eigenvalue weighted by Crippen LogP contribution is -2.46. The summed E-state index contributed by atoms with van der Waals surface area (Å²) in [4.78, 5) is 32.2. The van der Waals surface area contributed by atoms with E-state index in [-0.39, 0.29) is 25.1 Å². The van der Waals surface area contributed by atoms with Gasteiger partial charge >= 0.3 is 12.5 Å². The minimum Gasteiger partial charge on any atom is -0.450 e. The molecule has 0 aliphatic carbocycles. The number of likely N-dealkylation sites (tertiary alicyclic amines) is 1. The van der Waals surface area contributed by atoms with Crippen molar-refractivity contribution < 1.29 is 41.7 Å². The monoisotopic (exact) mass is 550 g/mol. The average Bonchev–Trinajstić information content (AvgIpc) is 3.19. The van der Waals surface area contributed by atoms with Crippen LogP contribution >= 0.6 is 0 Å². The van der Waals surface area contributed by atoms with Crippen LogP contribution in [0.1, 0.15) is 29.7 Å². The number of carboxylic acid groups (broad SMARTS) is 1. The predicted molar refractivity (Wildman–Crippen MR) is 130 cm³/mol. The van der Waals surface area contributed by atoms with Crippen LogP contribution in [0.2, 0.25) is 0 Å². The zero-order chi connectivity index (χ0) is 27.7. The highest BCUT2D eigenvalue weighted by atomic mass is 19.4. The topological polar surface area (TPSA) is 97.1 Å². The molecule has 0 unspecified atom stereocenters. The van der Waals surface area contributed by atoms with E-state index in [1.54, 1.807) is 11.1 Å². The summed E-state index contributed by atoms with van der Waals surface area (Å²) in [6, 6.07) is 7.06. The molecule has 39 heavy (non-hydrogen) atoms. The molecule has 1 amide bonds. The Balaban J connectivity index is 1.33. The molecule has 0 radical (unpaired) electrons. The maximum Gasteiger partial charge on any atom is 0.573 e. The lowest BCUT2D eigenvalue weighted by Gasteiger charge is -2.34. The van der Waals surface area contributed by atoms with E-state index in [0.29, 0.717) is 56.7 Å². The van der Waals surface area contributed by atoms with Crippen molar-refractivity contribution in [3.8, 4) is 5.75 Å². The average molecular weight is 551 g/mol. The van der Waals surface area contributed by atoms with Crippen molar-refractivity contribution in [2.75, 3.05) is 26.2 Å². The fourth-order valence-corrected chi connectivity index (χ4v) is 5.30. The molecule has 1 fully saturated rings. The first-order valence-electron chi connectivity index (χ1n) is 12.5. The second-order valence-corrected chi connectivity index (χ2v) is 9.62. The lowest BCUT2D eigenvalue weighted by molar-refractivity contribution is -0.275. The number of aromatic nitrogens is 2. The molecule has 0 saturated carbocycles. The van der Waals surface area contributed by atoms with E-state index in [9.17, 15) is 27.2 Å². The van der Waals surface area contributed by atoms with Gasteiger partial charge in [0.15, 0.2) is 11.6 Å². The van der Waals surface area contributed by atoms with Crippen LogP contribution in [0.4, 0.5) is 22.4 Å². The van der Waals surface area contributed by atoms with Crippen molar-refractivity contribution in [3.05, 3.63) is 59.2 Å². The first kappa shape index (κ1) is 26.7. The quantitative estimate of drug-likeness (QED) is 0.364. The zero-order valence-corrected chi connectivity index (χ0v) is 20.8. The smallest absolute Gasteiger partial charge is 0.450 e. The Hall–Kier alpha value is -3.87. The summed E-state index contributed by atoms with van der Waals surface area (Å²) in [5, 5.41) is 9.71. The van der Waals surface area contributed by atoms with E-state index < -0.39 is 24.1 Å². The number of benzene rings is 1. The van der Waals surface area contributed by atoms with E-state index in [4.69, 9.17) is 9.84 Å². The van der Waals surface area contributed by atoms with Gasteiger partial charge in [-0.3, -0.25) is 9.69 Å². The number of hydrogen-bond donors (Lipinski definition) is 1. The highest BCUT2D eigenvalue weighted by Gasteiger charge is 2.33. The summed E-state index contributed by atoms with van der Waals surface area (Å²) in [5.74, 6) is -2.10. The number of carbonyl (C=O) groups is 2. The summed E-state index contributed by atoms with van der Waals surface area (Å²) < 4.78 is 62.5. The van der Waals surface area contributed by atoms with Gasteiger partial charge in [-0.1, -0.05) is 6.07 Å². The minimum atomic E-state index is -5.00. The third-order valence-corrected chi connectivity index (χ3v) is 7.09. The van der Waals surface area contributed by atoms with Crippen molar-refractivity contribution in [1.82, 2.24) is 19.4 Å². The van der Waals surface area contributed by atoms with Crippen LogP contribution in [0, 0.1) is 5.82 Å². The Morgan fingerprint density at radius 1 is 1.13 bits per heavy atom. The highest BCUT2D eigenvalue weighted by molar-refractivity contribution is 5.84. The van der Waals surface area contributed by atoms with Crippen molar-refractivity contribution in [2.24, 2.45) is 0 Å². The molecular formula is C26H26F4N4O5. The molecule has 1 aromatic carbocycles. The molecule has 2 aliphatic heterocycles. The van der Waals surface area contributed by atoms with Gasteiger partial charge in [-0.05, 0) is 54.7 Å². The van der Waals surface area contributed by atoms with Crippen LogP contribution in [0.15, 0.2) is 36.5 Å². The van der Waals surface area contributed by atoms with E-state index >= 15 is 0 Å². The molecule has 0 atom stereocenters. The number of ether oxygens (including phenoxy) is 2. The van der Waals surface area contributed by atoms with Crippen LogP contribution < -0.4 is 4.74 Å². The Morgan fingerprint density at radius 2 is 1.90 bits per heavy atom. The molecule has 9 nitrogen and oxygen atoms in total. The number of fused-ring (bicyclic) bond motifs is 3. The summed E-state index contributed by atoms with van der Waals surface area (Å²) >= 11 is 0. The molecule has 5 rings (SSSR count). The second-order valence-electron chi connectivity index (χ2n) is 9.62. The van der Waals surface area contributed by atoms with Crippen LogP contribution in [-0.4, -0.2) is 75.2 Å². The molecule has 1 saturated heterocycles. The van der Waals surface area contributed by atoms with Gasteiger partial charge in [-0.25, -0.2) is 14.2 Å². The fraction of sp³-hybridized carbons (Fsp3) is 0.423. The van der Waals surface area contributed by atoms with E-state index in [1.165, 1.54) is 6.07 Å². The molecule has 0 spiro atoms. The van der Waals surface area contributed by atoms with Gasteiger partial charge in [0, 0.05) is 43.5 Å². The number of rotatable bonds is 6. The number of amides is 1. The van der Waals surface area contributed by atoms with Gasteiger partial charge in [-0.15, -0.1) is 13.2 Å². The maximum absolute atomic E-state index is 14.4. The van der Waals surface area contributed by atoms with Crippen LogP contribution in [-0.2, 0) is 29.0 Å². The molecular weight excluding hydrogens is 524 g/mol. The molecule has 208 valence electrons. The molecule has 2 aliphatic rings. The second kappa shape index (κ2) is 10.7. The van der Waals surface area contributed by atoms with Gasteiger partial charge < -0.3 is 24.0 Å². The van der Waals surface area contributed by atoms with Crippen LogP contribution in [0.25, 0.3) is 11.0 Å². The number of alkyl halides is 3. The lowest BCUT2D eigenvalue weighted by atomic mass is 10.0. The SMILES string of the molecule is O=C(O)OC1CCN(CC(=O)N2CCc3c(n(Cc4ccc(OC(F)(F)F)c(F)c4)c4ncccc34)C2)CC1. The van der Waals surface area contributed by atoms with E-state index in [1.807, 2.05) is 21.6 Å². The molecule has 2 aromatic heterocycles. The summed E-state index contributed by atoms with van der Waals surface area (Å²) in [5.41, 5.74) is 2.94. The van der Waals surface area contributed by atoms with E-state index in [2.05, 4.69) is 9.72 Å². The number of pyridine rings is 1. The zero-order valence-electron chi connectivity index (χ0n) is 20.8. The first-order valence-corrected chi connectivity index (χ1v) is 12.5. The Labute approximate surface area is 220 Å². The molecule has 1 N–H and O–H groups in total. The van der Waals surface area contributed by atoms with Crippen molar-refractivity contribution in [1.29, 1.82) is 0 Å². The van der Waals surface area contributed by atoms with Gasteiger partial charge in [0.05, 0.1) is 13.1 Å². The Morgan fingerprint density at radius 3 is 2.59 bits per heavy atom. The summed E-state index contributed by atoms with van der Waals surface area (Å²) in [7, 11) is 0. The van der Waals surface area contributed by atoms with Gasteiger partial charge in [0.2, 0.25) is 5.91 Å². The third-order valence-electron chi connectivity index (χ3n) is 7.09. The fourth-order valence-electron chi connectivity index (χ4n) is 5.30. The molecule has 13 heteroatoms. The van der Waals surface area contributed by atoms with Gasteiger partial charge in [0.25, 0.3) is 0 Å². The molecule has 3 aromatic rings. The van der Waals surface area contributed by atoms with E-state index in [0.717, 1.165) is 28.8 Å². The third kappa shape index (κ3) is 6.08. The minimum absolute atomic E-state index is 0.0669. The van der Waals surface area contributed by atoms with Gasteiger partial charge in [-0.2, -0.15) is 0 Å². The highest BCUT2D eigenvalue weighted by Crippen LogP contribution is 2.32. The predicted octanol–water partition coefficient (Wildman–Crippen LogP) is 4.17. The largest absolute Gasteiger partial charge is 0.573 e. The first-order chi connectivity index (χ1) is 18.6. The normalized spacial score (nSPS) is 16.8. The number of halogens is 4. The summed E-state index contributed by atoms with van der Waals surface area (Å²) in [6.45, 7) is 2.25. The maximum atomic E-state index is 14.4. The van der Waals surface area contributed by atoms with Crippen molar-refractivity contribution >= 4 is 23.1 Å². The van der Waals surface area contributed by atoms with Crippen LogP contribution in [0.3, 0.4) is 0 Å². The molecule has 0 bridgehead atoms.